The van der Waals surface area contributed by atoms with Gasteiger partial charge in [-0.15, -0.1) is 11.3 Å². The lowest BCUT2D eigenvalue weighted by atomic mass is 10.3. The number of methoxy groups -OCH3 is 2. The first-order valence-corrected chi connectivity index (χ1v) is 6.94. The minimum atomic E-state index is 0.0412. The number of hydrogen-bond acceptors (Lipinski definition) is 6. The van der Waals surface area contributed by atoms with Crippen LogP contribution in [0.4, 0.5) is 5.13 Å². The van der Waals surface area contributed by atoms with Crippen molar-refractivity contribution in [3.8, 4) is 0 Å². The van der Waals surface area contributed by atoms with E-state index >= 15 is 0 Å². The van der Waals surface area contributed by atoms with Crippen molar-refractivity contribution in [2.75, 3.05) is 45.4 Å². The summed E-state index contributed by atoms with van der Waals surface area (Å²) in [6.45, 7) is 5.19. The molecule has 0 spiro atoms. The lowest BCUT2D eigenvalue weighted by Crippen LogP contribution is -2.28. The van der Waals surface area contributed by atoms with Gasteiger partial charge in [-0.3, -0.25) is 0 Å². The molecule has 0 aromatic carbocycles. The fourth-order valence-corrected chi connectivity index (χ4v) is 2.46. The third-order valence-electron chi connectivity index (χ3n) is 2.57. The van der Waals surface area contributed by atoms with E-state index in [1.165, 1.54) is 0 Å². The molecule has 0 amide bonds. The van der Waals surface area contributed by atoms with Crippen molar-refractivity contribution < 1.29 is 9.47 Å². The number of hydrogen-bond donors (Lipinski definition) is 1. The molecular formula is C12H23N3O2S. The average Bonchev–Trinajstić information content (AvgIpc) is 2.83. The largest absolute Gasteiger partial charge is 0.385 e. The third-order valence-corrected chi connectivity index (χ3v) is 3.83. The van der Waals surface area contributed by atoms with Gasteiger partial charge in [0.05, 0.1) is 6.61 Å². The van der Waals surface area contributed by atoms with Crippen LogP contribution in [0.5, 0.6) is 0 Å². The van der Waals surface area contributed by atoms with E-state index in [1.807, 2.05) is 13.1 Å². The van der Waals surface area contributed by atoms with Gasteiger partial charge in [-0.1, -0.05) is 0 Å². The summed E-state index contributed by atoms with van der Waals surface area (Å²) in [5, 5.41) is 1.01. The zero-order valence-corrected chi connectivity index (χ0v) is 12.2. The van der Waals surface area contributed by atoms with Crippen LogP contribution in [0.1, 0.15) is 24.3 Å². The minimum absolute atomic E-state index is 0.0412. The van der Waals surface area contributed by atoms with Crippen molar-refractivity contribution >= 4 is 16.5 Å². The molecule has 0 aliphatic heterocycles. The number of anilines is 1. The second-order valence-electron chi connectivity index (χ2n) is 4.16. The van der Waals surface area contributed by atoms with E-state index in [-0.39, 0.29) is 6.04 Å². The number of nitrogens with two attached hydrogens (primary N) is 1. The van der Waals surface area contributed by atoms with E-state index in [4.69, 9.17) is 15.2 Å². The third kappa shape index (κ3) is 4.89. The monoisotopic (exact) mass is 273 g/mol. The smallest absolute Gasteiger partial charge is 0.185 e. The van der Waals surface area contributed by atoms with Gasteiger partial charge in [0.25, 0.3) is 0 Å². The highest BCUT2D eigenvalue weighted by Crippen LogP contribution is 2.26. The van der Waals surface area contributed by atoms with Crippen LogP contribution < -0.4 is 10.6 Å². The van der Waals surface area contributed by atoms with Gasteiger partial charge in [0.1, 0.15) is 0 Å². The summed E-state index contributed by atoms with van der Waals surface area (Å²) in [7, 11) is 3.43. The van der Waals surface area contributed by atoms with E-state index in [1.54, 1.807) is 25.6 Å². The maximum atomic E-state index is 5.86. The Bertz CT molecular complexity index is 331. The van der Waals surface area contributed by atoms with Crippen molar-refractivity contribution in [1.29, 1.82) is 0 Å². The van der Waals surface area contributed by atoms with E-state index in [0.717, 1.165) is 36.1 Å². The van der Waals surface area contributed by atoms with Gasteiger partial charge >= 0.3 is 0 Å². The summed E-state index contributed by atoms with van der Waals surface area (Å²) in [5.41, 5.74) is 5.86. The van der Waals surface area contributed by atoms with Crippen LogP contribution in [-0.4, -0.2) is 45.5 Å². The Labute approximate surface area is 113 Å². The molecule has 0 aliphatic rings. The molecule has 1 unspecified atom stereocenters. The predicted octanol–water partition coefficient (Wildman–Crippen LogP) is 1.65. The van der Waals surface area contributed by atoms with Crippen LogP contribution in [-0.2, 0) is 9.47 Å². The topological polar surface area (TPSA) is 60.6 Å². The molecule has 104 valence electrons. The maximum Gasteiger partial charge on any atom is 0.185 e. The molecule has 1 aromatic heterocycles. The Morgan fingerprint density at radius 1 is 1.33 bits per heavy atom. The van der Waals surface area contributed by atoms with Crippen molar-refractivity contribution in [1.82, 2.24) is 4.98 Å². The first-order chi connectivity index (χ1) is 8.69. The zero-order chi connectivity index (χ0) is 13.4. The first kappa shape index (κ1) is 15.4. The van der Waals surface area contributed by atoms with Gasteiger partial charge in [0.15, 0.2) is 5.13 Å². The molecule has 5 nitrogen and oxygen atoms in total. The fraction of sp³-hybridized carbons (Fsp3) is 0.750. The lowest BCUT2D eigenvalue weighted by Gasteiger charge is -2.21. The molecule has 1 aromatic rings. The van der Waals surface area contributed by atoms with Crippen LogP contribution in [0, 0.1) is 0 Å². The summed E-state index contributed by atoms with van der Waals surface area (Å²) in [6.07, 6.45) is 2.84. The highest BCUT2D eigenvalue weighted by atomic mass is 32.1. The van der Waals surface area contributed by atoms with Gasteiger partial charge in [0.2, 0.25) is 0 Å². The fourth-order valence-electron chi connectivity index (χ4n) is 1.54. The highest BCUT2D eigenvalue weighted by molar-refractivity contribution is 7.15. The van der Waals surface area contributed by atoms with Gasteiger partial charge in [-0.05, 0) is 13.3 Å². The Kier molecular flexibility index (Phi) is 7.19. The van der Waals surface area contributed by atoms with E-state index < -0.39 is 0 Å². The molecule has 18 heavy (non-hydrogen) atoms. The highest BCUT2D eigenvalue weighted by Gasteiger charge is 2.12. The van der Waals surface area contributed by atoms with Crippen LogP contribution in [0.15, 0.2) is 6.20 Å². The molecular weight excluding hydrogens is 250 g/mol. The van der Waals surface area contributed by atoms with Crippen LogP contribution in [0.3, 0.4) is 0 Å². The van der Waals surface area contributed by atoms with Crippen molar-refractivity contribution in [2.45, 2.75) is 19.4 Å². The molecule has 0 saturated carbocycles. The molecule has 0 aliphatic carbocycles. The van der Waals surface area contributed by atoms with Crippen LogP contribution in [0.25, 0.3) is 0 Å². The molecule has 1 rings (SSSR count). The summed E-state index contributed by atoms with van der Waals surface area (Å²) >= 11 is 1.65. The summed E-state index contributed by atoms with van der Waals surface area (Å²) < 4.78 is 10.2. The number of aromatic nitrogens is 1. The molecule has 1 heterocycles. The first-order valence-electron chi connectivity index (χ1n) is 6.13. The molecule has 0 bridgehead atoms. The van der Waals surface area contributed by atoms with Gasteiger partial charge < -0.3 is 20.1 Å². The van der Waals surface area contributed by atoms with Crippen molar-refractivity contribution in [3.63, 3.8) is 0 Å². The predicted molar refractivity (Wildman–Crippen MR) is 75.3 cm³/mol. The molecule has 2 N–H and O–H groups in total. The quantitative estimate of drug-likeness (QED) is 0.693. The standard InChI is InChI=1S/C12H23N3O2S/c1-10(13)11-9-14-12(18-11)15(6-8-17-3)5-4-7-16-2/h9-10H,4-8,13H2,1-3H3. The number of rotatable bonds is 9. The number of thiazole rings is 1. The minimum Gasteiger partial charge on any atom is -0.385 e. The summed E-state index contributed by atoms with van der Waals surface area (Å²) in [5.74, 6) is 0. The van der Waals surface area contributed by atoms with Gasteiger partial charge in [-0.25, -0.2) is 4.98 Å². The van der Waals surface area contributed by atoms with E-state index in [9.17, 15) is 0 Å². The van der Waals surface area contributed by atoms with Crippen molar-refractivity contribution in [2.24, 2.45) is 5.73 Å². The Morgan fingerprint density at radius 3 is 2.61 bits per heavy atom. The molecule has 0 radical (unpaired) electrons. The van der Waals surface area contributed by atoms with Gasteiger partial charge in [-0.2, -0.15) is 0 Å². The second-order valence-corrected chi connectivity index (χ2v) is 5.20. The normalized spacial score (nSPS) is 12.7. The lowest BCUT2D eigenvalue weighted by molar-refractivity contribution is 0.191. The summed E-state index contributed by atoms with van der Waals surface area (Å²) in [4.78, 5) is 7.77. The average molecular weight is 273 g/mol. The number of ether oxygens (including phenoxy) is 2. The Hall–Kier alpha value is -0.690. The van der Waals surface area contributed by atoms with Gasteiger partial charge in [0, 0.05) is 51.0 Å². The maximum absolute atomic E-state index is 5.86. The Morgan fingerprint density at radius 2 is 2.06 bits per heavy atom. The Balaban J connectivity index is 2.61. The molecule has 6 heteroatoms. The van der Waals surface area contributed by atoms with Crippen LogP contribution >= 0.6 is 11.3 Å². The molecule has 0 fully saturated rings. The van der Waals surface area contributed by atoms with Crippen molar-refractivity contribution in [3.05, 3.63) is 11.1 Å². The zero-order valence-electron chi connectivity index (χ0n) is 11.4. The second kappa shape index (κ2) is 8.42. The SMILES string of the molecule is COCCCN(CCOC)c1ncc(C(C)N)s1. The van der Waals surface area contributed by atoms with Crippen LogP contribution in [0.2, 0.25) is 0 Å². The van der Waals surface area contributed by atoms with E-state index in [0.29, 0.717) is 6.61 Å². The molecule has 1 atom stereocenters. The molecule has 0 saturated heterocycles. The summed E-state index contributed by atoms with van der Waals surface area (Å²) in [6, 6.07) is 0.0412. The number of nitrogens with zero attached hydrogens (tertiary/aromatic N) is 2. The van der Waals surface area contributed by atoms with E-state index in [2.05, 4.69) is 9.88 Å².